The molecular weight excluding hydrogens is 218 g/mol. The Bertz CT molecular complexity index is 421. The van der Waals surface area contributed by atoms with Crippen LogP contribution in [0, 0.1) is 0 Å². The second kappa shape index (κ2) is 4.11. The van der Waals surface area contributed by atoms with Crippen molar-refractivity contribution in [1.82, 2.24) is 15.2 Å². The highest BCUT2D eigenvalue weighted by atomic mass is 35.5. The summed E-state index contributed by atoms with van der Waals surface area (Å²) >= 11 is 7.32. The molecule has 2 rings (SSSR count). The summed E-state index contributed by atoms with van der Waals surface area (Å²) in [5, 5.41) is 9.00. The third kappa shape index (κ3) is 1.96. The molecule has 0 saturated heterocycles. The van der Waals surface area contributed by atoms with Gasteiger partial charge in [0.1, 0.15) is 5.82 Å². The molecule has 5 heteroatoms. The summed E-state index contributed by atoms with van der Waals surface area (Å²) in [5.74, 6) is 1.67. The molecule has 0 aliphatic carbocycles. The highest BCUT2D eigenvalue weighted by molar-refractivity contribution is 7.14. The predicted octanol–water partition coefficient (Wildman–Crippen LogP) is 3.14. The number of aromatic nitrogens is 3. The van der Waals surface area contributed by atoms with Gasteiger partial charge in [0.05, 0.1) is 4.34 Å². The zero-order valence-electron chi connectivity index (χ0n) is 7.75. The second-order valence-electron chi connectivity index (χ2n) is 3.00. The van der Waals surface area contributed by atoms with Crippen LogP contribution in [0.5, 0.6) is 0 Å². The molecule has 0 spiro atoms. The average molecular weight is 228 g/mol. The first-order valence-corrected chi connectivity index (χ1v) is 5.71. The molecule has 74 valence electrons. The van der Waals surface area contributed by atoms with E-state index in [9.17, 15) is 0 Å². The molecule has 2 aromatic rings. The van der Waals surface area contributed by atoms with Crippen LogP contribution >= 0.6 is 22.9 Å². The molecule has 0 amide bonds. The van der Waals surface area contributed by atoms with Gasteiger partial charge in [0, 0.05) is 17.4 Å². The summed E-state index contributed by atoms with van der Waals surface area (Å²) in [4.78, 5) is 4.36. The van der Waals surface area contributed by atoms with Crippen LogP contribution in [0.2, 0.25) is 4.34 Å². The summed E-state index contributed by atoms with van der Waals surface area (Å²) in [6, 6.07) is 1.88. The van der Waals surface area contributed by atoms with Gasteiger partial charge in [0.25, 0.3) is 0 Å². The van der Waals surface area contributed by atoms with E-state index < -0.39 is 0 Å². The number of nitrogens with one attached hydrogen (secondary N) is 1. The van der Waals surface area contributed by atoms with Gasteiger partial charge in [-0.15, -0.1) is 11.3 Å². The lowest BCUT2D eigenvalue weighted by Crippen LogP contribution is -1.84. The van der Waals surface area contributed by atoms with Crippen molar-refractivity contribution >= 4 is 22.9 Å². The number of aryl methyl sites for hydroxylation is 1. The van der Waals surface area contributed by atoms with Crippen LogP contribution in [0.3, 0.4) is 0 Å². The summed E-state index contributed by atoms with van der Waals surface area (Å²) in [5.41, 5.74) is 0.985. The Morgan fingerprint density at radius 2 is 2.43 bits per heavy atom. The van der Waals surface area contributed by atoms with E-state index in [4.69, 9.17) is 11.6 Å². The number of halogens is 1. The van der Waals surface area contributed by atoms with Crippen LogP contribution in [0.25, 0.3) is 11.4 Å². The first-order valence-electron chi connectivity index (χ1n) is 4.45. The number of rotatable bonds is 3. The molecule has 0 aliphatic heterocycles. The highest BCUT2D eigenvalue weighted by Crippen LogP contribution is 2.26. The van der Waals surface area contributed by atoms with Gasteiger partial charge in [0.2, 0.25) is 0 Å². The minimum Gasteiger partial charge on any atom is -0.263 e. The molecule has 2 heterocycles. The Balaban J connectivity index is 2.24. The number of hydrogen-bond acceptors (Lipinski definition) is 3. The zero-order chi connectivity index (χ0) is 9.97. The van der Waals surface area contributed by atoms with E-state index in [0.717, 1.165) is 34.4 Å². The minimum absolute atomic E-state index is 0.733. The van der Waals surface area contributed by atoms with E-state index >= 15 is 0 Å². The van der Waals surface area contributed by atoms with Crippen molar-refractivity contribution in [2.75, 3.05) is 0 Å². The van der Waals surface area contributed by atoms with E-state index in [1.807, 2.05) is 11.4 Å². The van der Waals surface area contributed by atoms with E-state index in [2.05, 4.69) is 22.1 Å². The van der Waals surface area contributed by atoms with Crippen molar-refractivity contribution in [3.8, 4) is 11.4 Å². The Labute approximate surface area is 91.1 Å². The maximum atomic E-state index is 5.83. The summed E-state index contributed by atoms with van der Waals surface area (Å²) < 4.78 is 0.766. The molecule has 0 atom stereocenters. The van der Waals surface area contributed by atoms with Gasteiger partial charge in [0.15, 0.2) is 5.82 Å². The molecule has 1 N–H and O–H groups in total. The fourth-order valence-corrected chi connectivity index (χ4v) is 2.06. The number of thiophene rings is 1. The SMILES string of the molecule is CCCc1nc(-c2csc(Cl)c2)n[nH]1. The smallest absolute Gasteiger partial charge is 0.182 e. The van der Waals surface area contributed by atoms with Crippen molar-refractivity contribution < 1.29 is 0 Å². The lowest BCUT2D eigenvalue weighted by molar-refractivity contribution is 0.841. The third-order valence-corrected chi connectivity index (χ3v) is 2.94. The molecule has 0 bridgehead atoms. The van der Waals surface area contributed by atoms with Crippen LogP contribution in [0.15, 0.2) is 11.4 Å². The van der Waals surface area contributed by atoms with Gasteiger partial charge in [-0.2, -0.15) is 5.10 Å². The Kier molecular flexibility index (Phi) is 2.84. The van der Waals surface area contributed by atoms with Crippen LogP contribution < -0.4 is 0 Å². The molecule has 0 unspecified atom stereocenters. The number of aromatic amines is 1. The zero-order valence-corrected chi connectivity index (χ0v) is 9.32. The molecule has 14 heavy (non-hydrogen) atoms. The summed E-state index contributed by atoms with van der Waals surface area (Å²) in [7, 11) is 0. The maximum absolute atomic E-state index is 5.83. The lowest BCUT2D eigenvalue weighted by Gasteiger charge is -1.87. The van der Waals surface area contributed by atoms with Gasteiger partial charge in [-0.1, -0.05) is 18.5 Å². The molecule has 2 aromatic heterocycles. The highest BCUT2D eigenvalue weighted by Gasteiger charge is 2.06. The van der Waals surface area contributed by atoms with E-state index in [1.54, 1.807) is 0 Å². The number of nitrogens with zero attached hydrogens (tertiary/aromatic N) is 2. The van der Waals surface area contributed by atoms with Gasteiger partial charge in [-0.25, -0.2) is 4.98 Å². The molecular formula is C9H10ClN3S. The quantitative estimate of drug-likeness (QED) is 0.875. The fourth-order valence-electron chi connectivity index (χ4n) is 1.20. The van der Waals surface area contributed by atoms with Gasteiger partial charge >= 0.3 is 0 Å². The van der Waals surface area contributed by atoms with Crippen LogP contribution in [-0.4, -0.2) is 15.2 Å². The van der Waals surface area contributed by atoms with Crippen molar-refractivity contribution in [3.63, 3.8) is 0 Å². The van der Waals surface area contributed by atoms with Gasteiger partial charge < -0.3 is 0 Å². The summed E-state index contributed by atoms with van der Waals surface area (Å²) in [6.07, 6.45) is 2.00. The molecule has 3 nitrogen and oxygen atoms in total. The topological polar surface area (TPSA) is 41.6 Å². The first kappa shape index (κ1) is 9.68. The van der Waals surface area contributed by atoms with E-state index in [1.165, 1.54) is 11.3 Å². The van der Waals surface area contributed by atoms with Crippen molar-refractivity contribution in [3.05, 3.63) is 21.6 Å². The lowest BCUT2D eigenvalue weighted by atomic mass is 10.3. The number of H-pyrrole nitrogens is 1. The predicted molar refractivity (Wildman–Crippen MR) is 58.7 cm³/mol. The van der Waals surface area contributed by atoms with Gasteiger partial charge in [-0.3, -0.25) is 5.10 Å². The Morgan fingerprint density at radius 3 is 3.07 bits per heavy atom. The van der Waals surface area contributed by atoms with Crippen LogP contribution in [0.4, 0.5) is 0 Å². The molecule has 0 aliphatic rings. The molecule has 0 aromatic carbocycles. The third-order valence-electron chi connectivity index (χ3n) is 1.84. The van der Waals surface area contributed by atoms with Crippen LogP contribution in [-0.2, 0) is 6.42 Å². The Morgan fingerprint density at radius 1 is 1.57 bits per heavy atom. The summed E-state index contributed by atoms with van der Waals surface area (Å²) in [6.45, 7) is 2.11. The van der Waals surface area contributed by atoms with E-state index in [-0.39, 0.29) is 0 Å². The molecule has 0 fully saturated rings. The molecule has 0 saturated carbocycles. The van der Waals surface area contributed by atoms with Gasteiger partial charge in [-0.05, 0) is 12.5 Å². The average Bonchev–Trinajstić information content (AvgIpc) is 2.74. The van der Waals surface area contributed by atoms with Crippen LogP contribution in [0.1, 0.15) is 19.2 Å². The van der Waals surface area contributed by atoms with Crippen molar-refractivity contribution in [2.45, 2.75) is 19.8 Å². The minimum atomic E-state index is 0.733. The van der Waals surface area contributed by atoms with E-state index in [0.29, 0.717) is 0 Å². The van der Waals surface area contributed by atoms with Crippen molar-refractivity contribution in [2.24, 2.45) is 0 Å². The number of hydrogen-bond donors (Lipinski definition) is 1. The second-order valence-corrected chi connectivity index (χ2v) is 4.54. The monoisotopic (exact) mass is 227 g/mol. The Hall–Kier alpha value is -0.870. The maximum Gasteiger partial charge on any atom is 0.182 e. The fraction of sp³-hybridized carbons (Fsp3) is 0.333. The largest absolute Gasteiger partial charge is 0.263 e. The standard InChI is InChI=1S/C9H10ClN3S/c1-2-3-8-11-9(13-12-8)6-4-7(10)14-5-6/h4-5H,2-3H2,1H3,(H,11,12,13). The molecule has 0 radical (unpaired) electrons. The normalized spacial score (nSPS) is 10.7. The first-order chi connectivity index (χ1) is 6.79. The van der Waals surface area contributed by atoms with Crippen molar-refractivity contribution in [1.29, 1.82) is 0 Å².